The van der Waals surface area contributed by atoms with Crippen LogP contribution in [0, 0.1) is 6.92 Å². The number of H-pyrrole nitrogens is 1. The Bertz CT molecular complexity index is 980. The van der Waals surface area contributed by atoms with Gasteiger partial charge in [-0.15, -0.1) is 0 Å². The lowest BCUT2D eigenvalue weighted by molar-refractivity contribution is 0.0764. The van der Waals surface area contributed by atoms with Crippen LogP contribution < -0.4 is 0 Å². The van der Waals surface area contributed by atoms with E-state index < -0.39 is 0 Å². The Morgan fingerprint density at radius 2 is 1.93 bits per heavy atom. The van der Waals surface area contributed by atoms with E-state index >= 15 is 0 Å². The molecule has 1 fully saturated rings. The van der Waals surface area contributed by atoms with Gasteiger partial charge in [0.2, 0.25) is 0 Å². The third-order valence-corrected chi connectivity index (χ3v) is 5.11. The SMILES string of the molecule is Cc1n[nH]c2nc(-c3ccc(O)cc3)cc(C(=O)N3CCCN(C)CC3)c12. The third-order valence-electron chi connectivity index (χ3n) is 5.11. The van der Waals surface area contributed by atoms with Crippen molar-refractivity contribution in [3.8, 4) is 17.0 Å². The van der Waals surface area contributed by atoms with Gasteiger partial charge in [0, 0.05) is 25.2 Å². The number of nitrogens with one attached hydrogen (secondary N) is 1. The molecular weight excluding hydrogens is 342 g/mol. The second kappa shape index (κ2) is 7.00. The van der Waals surface area contributed by atoms with Crippen molar-refractivity contribution in [2.24, 2.45) is 0 Å². The Labute approximate surface area is 157 Å². The summed E-state index contributed by atoms with van der Waals surface area (Å²) in [6.07, 6.45) is 0.964. The number of nitrogens with zero attached hydrogens (tertiary/aromatic N) is 4. The lowest BCUT2D eigenvalue weighted by atomic mass is 10.0. The zero-order valence-electron chi connectivity index (χ0n) is 15.6. The van der Waals surface area contributed by atoms with Crippen molar-refractivity contribution < 1.29 is 9.90 Å². The van der Waals surface area contributed by atoms with Crippen molar-refractivity contribution in [1.82, 2.24) is 25.0 Å². The molecule has 27 heavy (non-hydrogen) atoms. The van der Waals surface area contributed by atoms with Crippen LogP contribution in [0.15, 0.2) is 30.3 Å². The molecule has 140 valence electrons. The number of aromatic nitrogens is 3. The van der Waals surface area contributed by atoms with E-state index in [1.165, 1.54) is 0 Å². The summed E-state index contributed by atoms with van der Waals surface area (Å²) in [5, 5.41) is 17.5. The van der Waals surface area contributed by atoms with Gasteiger partial charge in [-0.1, -0.05) is 0 Å². The van der Waals surface area contributed by atoms with Crippen molar-refractivity contribution in [2.45, 2.75) is 13.3 Å². The zero-order chi connectivity index (χ0) is 19.0. The average molecular weight is 365 g/mol. The molecule has 1 aromatic carbocycles. The third kappa shape index (κ3) is 3.38. The van der Waals surface area contributed by atoms with Crippen molar-refractivity contribution in [1.29, 1.82) is 0 Å². The number of phenols is 1. The van der Waals surface area contributed by atoms with Gasteiger partial charge in [0.25, 0.3) is 5.91 Å². The molecule has 0 unspecified atom stereocenters. The van der Waals surface area contributed by atoms with Gasteiger partial charge in [0.15, 0.2) is 5.65 Å². The molecular formula is C20H23N5O2. The molecule has 7 heteroatoms. The second-order valence-corrected chi connectivity index (χ2v) is 7.08. The smallest absolute Gasteiger partial charge is 0.254 e. The number of hydrogen-bond donors (Lipinski definition) is 2. The average Bonchev–Trinajstić information content (AvgIpc) is 2.90. The van der Waals surface area contributed by atoms with Gasteiger partial charge in [-0.3, -0.25) is 9.89 Å². The molecule has 1 saturated heterocycles. The Morgan fingerprint density at radius 3 is 2.70 bits per heavy atom. The number of pyridine rings is 1. The van der Waals surface area contributed by atoms with Crippen LogP contribution in [0.5, 0.6) is 5.75 Å². The van der Waals surface area contributed by atoms with Crippen LogP contribution in [-0.4, -0.2) is 69.2 Å². The van der Waals surface area contributed by atoms with Crippen molar-refractivity contribution in [3.63, 3.8) is 0 Å². The van der Waals surface area contributed by atoms with Gasteiger partial charge in [-0.2, -0.15) is 5.10 Å². The Balaban J connectivity index is 1.79. The highest BCUT2D eigenvalue weighted by Gasteiger charge is 2.24. The molecule has 2 aromatic heterocycles. The first-order valence-corrected chi connectivity index (χ1v) is 9.16. The second-order valence-electron chi connectivity index (χ2n) is 7.08. The Hall–Kier alpha value is -2.93. The van der Waals surface area contributed by atoms with Gasteiger partial charge in [-0.25, -0.2) is 4.98 Å². The van der Waals surface area contributed by atoms with Crippen molar-refractivity contribution in [2.75, 3.05) is 33.2 Å². The summed E-state index contributed by atoms with van der Waals surface area (Å²) in [7, 11) is 2.09. The highest BCUT2D eigenvalue weighted by Crippen LogP contribution is 2.28. The normalized spacial score (nSPS) is 15.9. The maximum Gasteiger partial charge on any atom is 0.254 e. The van der Waals surface area contributed by atoms with Crippen LogP contribution in [0.25, 0.3) is 22.3 Å². The summed E-state index contributed by atoms with van der Waals surface area (Å²) in [6.45, 7) is 5.21. The lowest BCUT2D eigenvalue weighted by Crippen LogP contribution is -2.34. The molecule has 3 aromatic rings. The number of hydrogen-bond acceptors (Lipinski definition) is 5. The molecule has 0 atom stereocenters. The molecule has 0 aliphatic carbocycles. The number of carbonyl (C=O) groups excluding carboxylic acids is 1. The predicted molar refractivity (Wildman–Crippen MR) is 104 cm³/mol. The van der Waals surface area contributed by atoms with Crippen LogP contribution in [0.3, 0.4) is 0 Å². The van der Waals surface area contributed by atoms with Crippen LogP contribution >= 0.6 is 0 Å². The summed E-state index contributed by atoms with van der Waals surface area (Å²) in [6, 6.07) is 8.66. The van der Waals surface area contributed by atoms with E-state index in [0.29, 0.717) is 23.4 Å². The minimum absolute atomic E-state index is 0.0160. The number of fused-ring (bicyclic) bond motifs is 1. The fraction of sp³-hybridized carbons (Fsp3) is 0.350. The van der Waals surface area contributed by atoms with Gasteiger partial charge < -0.3 is 14.9 Å². The molecule has 7 nitrogen and oxygen atoms in total. The van der Waals surface area contributed by atoms with E-state index in [-0.39, 0.29) is 11.7 Å². The Kier molecular flexibility index (Phi) is 4.53. The zero-order valence-corrected chi connectivity index (χ0v) is 15.6. The largest absolute Gasteiger partial charge is 0.508 e. The van der Waals surface area contributed by atoms with Gasteiger partial charge in [-0.05, 0) is 57.3 Å². The first-order valence-electron chi connectivity index (χ1n) is 9.16. The molecule has 1 aliphatic heterocycles. The van der Waals surface area contributed by atoms with Crippen LogP contribution in [0.1, 0.15) is 22.5 Å². The number of aromatic hydroxyl groups is 1. The molecule has 1 aliphatic rings. The summed E-state index contributed by atoms with van der Waals surface area (Å²) in [4.78, 5) is 22.2. The van der Waals surface area contributed by atoms with E-state index in [4.69, 9.17) is 0 Å². The van der Waals surface area contributed by atoms with Gasteiger partial charge in [0.1, 0.15) is 5.75 Å². The minimum Gasteiger partial charge on any atom is -0.508 e. The maximum absolute atomic E-state index is 13.4. The van der Waals surface area contributed by atoms with Crippen molar-refractivity contribution in [3.05, 3.63) is 41.6 Å². The minimum atomic E-state index is 0.0160. The highest BCUT2D eigenvalue weighted by atomic mass is 16.3. The topological polar surface area (TPSA) is 85.3 Å². The molecule has 0 saturated carbocycles. The number of benzene rings is 1. The fourth-order valence-electron chi connectivity index (χ4n) is 3.55. The van der Waals surface area contributed by atoms with E-state index in [1.54, 1.807) is 24.3 Å². The van der Waals surface area contributed by atoms with E-state index in [1.807, 2.05) is 17.9 Å². The summed E-state index contributed by atoms with van der Waals surface area (Å²) in [5.74, 6) is 0.212. The number of carbonyl (C=O) groups is 1. The maximum atomic E-state index is 13.4. The number of rotatable bonds is 2. The fourth-order valence-corrected chi connectivity index (χ4v) is 3.55. The number of amides is 1. The highest BCUT2D eigenvalue weighted by molar-refractivity contribution is 6.07. The molecule has 0 radical (unpaired) electrons. The molecule has 2 N–H and O–H groups in total. The van der Waals surface area contributed by atoms with Crippen molar-refractivity contribution >= 4 is 16.9 Å². The van der Waals surface area contributed by atoms with E-state index in [9.17, 15) is 9.90 Å². The van der Waals surface area contributed by atoms with Crippen LogP contribution in [-0.2, 0) is 0 Å². The Morgan fingerprint density at radius 1 is 1.15 bits per heavy atom. The first kappa shape index (κ1) is 17.5. The first-order chi connectivity index (χ1) is 13.0. The molecule has 4 rings (SSSR count). The number of likely N-dealkylation sites (N-methyl/N-ethyl adjacent to an activating group) is 1. The van der Waals surface area contributed by atoms with Crippen LogP contribution in [0.4, 0.5) is 0 Å². The van der Waals surface area contributed by atoms with E-state index in [2.05, 4.69) is 27.1 Å². The molecule has 3 heterocycles. The van der Waals surface area contributed by atoms with Gasteiger partial charge in [0.05, 0.1) is 22.3 Å². The monoisotopic (exact) mass is 365 g/mol. The summed E-state index contributed by atoms with van der Waals surface area (Å²) in [5.41, 5.74) is 3.52. The van der Waals surface area contributed by atoms with Crippen LogP contribution in [0.2, 0.25) is 0 Å². The number of phenolic OH excluding ortho intramolecular Hbond substituents is 1. The quantitative estimate of drug-likeness (QED) is 0.728. The number of aryl methyl sites for hydroxylation is 1. The standard InChI is InChI=1S/C20H23N5O2/c1-13-18-16(20(27)25-9-3-8-24(2)10-11-25)12-17(21-19(18)23-22-13)14-4-6-15(26)7-5-14/h4-7,12,26H,3,8-11H2,1-2H3,(H,21,22,23). The summed E-state index contributed by atoms with van der Waals surface area (Å²) < 4.78 is 0. The predicted octanol–water partition coefficient (Wildman–Crippen LogP) is 2.42. The lowest BCUT2D eigenvalue weighted by Gasteiger charge is -2.21. The van der Waals surface area contributed by atoms with Gasteiger partial charge >= 0.3 is 0 Å². The van der Waals surface area contributed by atoms with E-state index in [0.717, 1.165) is 42.7 Å². The molecule has 1 amide bonds. The summed E-state index contributed by atoms with van der Waals surface area (Å²) >= 11 is 0. The number of aromatic amines is 1. The molecule has 0 spiro atoms. The molecule has 0 bridgehead atoms.